The number of ketones is 1. The van der Waals surface area contributed by atoms with Gasteiger partial charge in [-0.15, -0.1) is 13.2 Å². The van der Waals surface area contributed by atoms with Crippen LogP contribution in [0.25, 0.3) is 0 Å². The van der Waals surface area contributed by atoms with Crippen LogP contribution in [0.4, 0.5) is 28.9 Å². The van der Waals surface area contributed by atoms with Crippen LogP contribution in [0.1, 0.15) is 10.4 Å². The summed E-state index contributed by atoms with van der Waals surface area (Å²) in [6.07, 6.45) is -2.08. The molecule has 2 aliphatic rings. The zero-order valence-electron chi connectivity index (χ0n) is 17.8. The molecule has 0 spiro atoms. The third-order valence-corrected chi connectivity index (χ3v) is 6.12. The number of nitrogens with two attached hydrogens (primary N) is 1. The van der Waals surface area contributed by atoms with Gasteiger partial charge in [-0.05, 0) is 36.4 Å². The van der Waals surface area contributed by atoms with Gasteiger partial charge in [-0.2, -0.15) is 0 Å². The normalized spacial score (nSPS) is 22.6. The first-order valence-corrected chi connectivity index (χ1v) is 10.9. The number of fused-ring (bicyclic) bond motifs is 2. The van der Waals surface area contributed by atoms with E-state index in [0.717, 1.165) is 17.8 Å². The number of hydrogen-bond acceptors (Lipinski definition) is 6. The summed E-state index contributed by atoms with van der Waals surface area (Å²) in [6, 6.07) is 8.22. The Kier molecular flexibility index (Phi) is 6.90. The minimum absolute atomic E-state index is 0.0540. The van der Waals surface area contributed by atoms with Gasteiger partial charge in [0.25, 0.3) is 0 Å². The Morgan fingerprint density at radius 1 is 1.18 bits per heavy atom. The summed E-state index contributed by atoms with van der Waals surface area (Å²) >= 11 is 5.77. The number of nitrogens with one attached hydrogen (secondary N) is 1. The molecule has 34 heavy (non-hydrogen) atoms. The molecule has 3 N–H and O–H groups in total. The Balaban J connectivity index is 1.44. The number of carbonyl (C=O) groups excluding carboxylic acids is 1. The lowest BCUT2D eigenvalue weighted by Crippen LogP contribution is -2.56. The van der Waals surface area contributed by atoms with E-state index in [4.69, 9.17) is 22.1 Å². The lowest BCUT2D eigenvalue weighted by Gasteiger charge is -2.47. The molecule has 4 rings (SSSR count). The zero-order chi connectivity index (χ0) is 24.5. The summed E-state index contributed by atoms with van der Waals surface area (Å²) in [4.78, 5) is 14.6. The fourth-order valence-electron chi connectivity index (χ4n) is 4.32. The van der Waals surface area contributed by atoms with Crippen molar-refractivity contribution in [2.45, 2.75) is 12.4 Å². The summed E-state index contributed by atoms with van der Waals surface area (Å²) in [5, 5.41) is 3.11. The monoisotopic (exact) mass is 499 g/mol. The van der Waals surface area contributed by atoms with Gasteiger partial charge in [-0.25, -0.2) is 4.39 Å². The minimum atomic E-state index is -4.96. The third kappa shape index (κ3) is 5.74. The van der Waals surface area contributed by atoms with Crippen molar-refractivity contribution in [3.05, 3.63) is 65.1 Å². The van der Waals surface area contributed by atoms with Gasteiger partial charge in [0.2, 0.25) is 0 Å². The molecule has 2 saturated heterocycles. The molecule has 1 unspecified atom stereocenters. The molecule has 0 aliphatic carbocycles. The molecule has 0 aromatic heterocycles. The first kappa shape index (κ1) is 24.2. The van der Waals surface area contributed by atoms with E-state index in [0.29, 0.717) is 26.3 Å². The Hall–Kier alpha value is -2.98. The van der Waals surface area contributed by atoms with Crippen molar-refractivity contribution in [3.63, 3.8) is 0 Å². The third-order valence-electron chi connectivity index (χ3n) is 5.83. The van der Waals surface area contributed by atoms with Crippen molar-refractivity contribution < 1.29 is 31.8 Å². The van der Waals surface area contributed by atoms with E-state index >= 15 is 0 Å². The SMILES string of the molecule is Nc1cc(Cl)c(OC(F)(F)F)cc1C(=O)C=CN1C[C@H]2COC[C@@H](C1)C2Nc1ccc(F)cc1. The fourth-order valence-corrected chi connectivity index (χ4v) is 4.53. The molecular formula is C23H22ClF4N3O3. The number of piperidine rings is 1. The number of alkyl halides is 3. The maximum atomic E-state index is 13.2. The van der Waals surface area contributed by atoms with Crippen molar-refractivity contribution >= 4 is 28.8 Å². The first-order chi connectivity index (χ1) is 16.1. The molecule has 2 bridgehead atoms. The number of nitrogens with zero attached hydrogens (tertiary/aromatic N) is 1. The molecule has 2 heterocycles. The highest BCUT2D eigenvalue weighted by Crippen LogP contribution is 2.34. The van der Waals surface area contributed by atoms with Crippen LogP contribution in [0, 0.1) is 17.7 Å². The van der Waals surface area contributed by atoms with Gasteiger partial charge in [0.1, 0.15) is 11.6 Å². The number of benzene rings is 2. The number of hydrogen-bond donors (Lipinski definition) is 2. The second-order valence-corrected chi connectivity index (χ2v) is 8.69. The second-order valence-electron chi connectivity index (χ2n) is 8.29. The molecule has 182 valence electrons. The van der Waals surface area contributed by atoms with Crippen LogP contribution in [-0.4, -0.2) is 49.4 Å². The summed E-state index contributed by atoms with van der Waals surface area (Å²) < 4.78 is 60.6. The van der Waals surface area contributed by atoms with Crippen LogP contribution in [0.3, 0.4) is 0 Å². The Morgan fingerprint density at radius 3 is 2.44 bits per heavy atom. The molecule has 2 fully saturated rings. The molecule has 0 amide bonds. The number of carbonyl (C=O) groups is 1. The maximum Gasteiger partial charge on any atom is 0.573 e. The van der Waals surface area contributed by atoms with Gasteiger partial charge in [-0.3, -0.25) is 4.79 Å². The van der Waals surface area contributed by atoms with Gasteiger partial charge < -0.3 is 25.4 Å². The summed E-state index contributed by atoms with van der Waals surface area (Å²) in [5.74, 6) is -1.35. The van der Waals surface area contributed by atoms with Crippen LogP contribution in [0.2, 0.25) is 5.02 Å². The molecular weight excluding hydrogens is 478 g/mol. The molecule has 6 nitrogen and oxygen atoms in total. The topological polar surface area (TPSA) is 76.8 Å². The number of ether oxygens (including phenoxy) is 2. The van der Waals surface area contributed by atoms with Crippen LogP contribution < -0.4 is 15.8 Å². The molecule has 2 aliphatic heterocycles. The van der Waals surface area contributed by atoms with E-state index in [1.54, 1.807) is 18.3 Å². The number of halogens is 5. The Bertz CT molecular complexity index is 1060. The predicted octanol–water partition coefficient (Wildman–Crippen LogP) is 4.72. The van der Waals surface area contributed by atoms with E-state index < -0.39 is 17.9 Å². The second kappa shape index (κ2) is 9.71. The lowest BCUT2D eigenvalue weighted by atomic mass is 9.82. The van der Waals surface area contributed by atoms with Crippen LogP contribution in [0.5, 0.6) is 5.75 Å². The molecule has 3 atom stereocenters. The van der Waals surface area contributed by atoms with E-state index in [1.165, 1.54) is 18.2 Å². The average Bonchev–Trinajstić information content (AvgIpc) is 2.75. The highest BCUT2D eigenvalue weighted by Gasteiger charge is 2.39. The number of likely N-dealkylation sites (tertiary alicyclic amines) is 1. The number of anilines is 2. The Labute approximate surface area is 198 Å². The van der Waals surface area contributed by atoms with E-state index in [-0.39, 0.29) is 40.0 Å². The highest BCUT2D eigenvalue weighted by atomic mass is 35.5. The van der Waals surface area contributed by atoms with E-state index in [1.807, 2.05) is 4.90 Å². The summed E-state index contributed by atoms with van der Waals surface area (Å²) in [5.41, 5.74) is 6.42. The molecule has 11 heteroatoms. The minimum Gasteiger partial charge on any atom is -0.404 e. The maximum absolute atomic E-state index is 13.2. The number of rotatable bonds is 6. The summed E-state index contributed by atoms with van der Waals surface area (Å²) in [6.45, 7) is 2.24. The standard InChI is InChI=1S/C23H22ClF4N3O3/c24-18-8-19(29)17(7-21(18)34-23(26,27)28)20(32)5-6-31-9-13-11-33-12-14(10-31)22(13)30-16-3-1-15(25)2-4-16/h1-8,13-14,22,30H,9-12,29H2/t13-,14+,22?. The largest absolute Gasteiger partial charge is 0.573 e. The van der Waals surface area contributed by atoms with Crippen molar-refractivity contribution in [3.8, 4) is 5.75 Å². The van der Waals surface area contributed by atoms with Crippen molar-refractivity contribution in [1.82, 2.24) is 4.90 Å². The lowest BCUT2D eigenvalue weighted by molar-refractivity contribution is -0.274. The van der Waals surface area contributed by atoms with Crippen LogP contribution >= 0.6 is 11.6 Å². The van der Waals surface area contributed by atoms with Crippen molar-refractivity contribution in [1.29, 1.82) is 0 Å². The van der Waals surface area contributed by atoms with Crippen LogP contribution in [-0.2, 0) is 4.74 Å². The zero-order valence-corrected chi connectivity index (χ0v) is 18.6. The van der Waals surface area contributed by atoms with Gasteiger partial charge >= 0.3 is 6.36 Å². The van der Waals surface area contributed by atoms with E-state index in [9.17, 15) is 22.4 Å². The van der Waals surface area contributed by atoms with E-state index in [2.05, 4.69) is 10.1 Å². The molecule has 0 radical (unpaired) electrons. The van der Waals surface area contributed by atoms with Gasteiger partial charge in [0.15, 0.2) is 5.78 Å². The number of nitrogen functional groups attached to an aromatic ring is 1. The van der Waals surface area contributed by atoms with Gasteiger partial charge in [0.05, 0.1) is 18.2 Å². The summed E-state index contributed by atoms with van der Waals surface area (Å²) in [7, 11) is 0. The van der Waals surface area contributed by atoms with Crippen molar-refractivity contribution in [2.75, 3.05) is 37.4 Å². The quantitative estimate of drug-likeness (QED) is 0.259. The smallest absolute Gasteiger partial charge is 0.404 e. The number of allylic oxidation sites excluding steroid dienone is 1. The van der Waals surface area contributed by atoms with Gasteiger partial charge in [0, 0.05) is 60.2 Å². The average molecular weight is 500 g/mol. The van der Waals surface area contributed by atoms with Crippen LogP contribution in [0.15, 0.2) is 48.7 Å². The predicted molar refractivity (Wildman–Crippen MR) is 119 cm³/mol. The first-order valence-electron chi connectivity index (χ1n) is 10.5. The Morgan fingerprint density at radius 2 is 1.82 bits per heavy atom. The molecule has 2 aromatic carbocycles. The fraction of sp³-hybridized carbons (Fsp3) is 0.348. The molecule has 2 aromatic rings. The molecule has 0 saturated carbocycles. The van der Waals surface area contributed by atoms with Gasteiger partial charge in [-0.1, -0.05) is 11.6 Å². The van der Waals surface area contributed by atoms with Crippen molar-refractivity contribution in [2.24, 2.45) is 11.8 Å². The highest BCUT2D eigenvalue weighted by molar-refractivity contribution is 6.32.